The van der Waals surface area contributed by atoms with Crippen molar-refractivity contribution in [2.75, 3.05) is 13.1 Å². The van der Waals surface area contributed by atoms with Crippen LogP contribution in [0.25, 0.3) is 0 Å². The minimum absolute atomic E-state index is 0.0143. The van der Waals surface area contributed by atoms with Crippen molar-refractivity contribution in [2.24, 2.45) is 5.92 Å². The molecule has 0 radical (unpaired) electrons. The van der Waals surface area contributed by atoms with Crippen molar-refractivity contribution in [1.82, 2.24) is 14.8 Å². The van der Waals surface area contributed by atoms with E-state index < -0.39 is 6.04 Å². The van der Waals surface area contributed by atoms with Gasteiger partial charge in [0.05, 0.1) is 0 Å². The Morgan fingerprint density at radius 2 is 1.89 bits per heavy atom. The molecule has 2 bridgehead atoms. The second kappa shape index (κ2) is 7.26. The first-order valence-corrected chi connectivity index (χ1v) is 9.75. The van der Waals surface area contributed by atoms with Gasteiger partial charge < -0.3 is 10.2 Å². The van der Waals surface area contributed by atoms with Crippen LogP contribution in [0.4, 0.5) is 0 Å². The highest BCUT2D eigenvalue weighted by atomic mass is 16.2. The van der Waals surface area contributed by atoms with Gasteiger partial charge in [0, 0.05) is 50.2 Å². The number of aromatic nitrogens is 1. The van der Waals surface area contributed by atoms with Crippen LogP contribution in [0.1, 0.15) is 42.1 Å². The van der Waals surface area contributed by atoms with Crippen molar-refractivity contribution in [3.8, 4) is 0 Å². The summed E-state index contributed by atoms with van der Waals surface area (Å²) in [5, 5.41) is 3.02. The lowest BCUT2D eigenvalue weighted by molar-refractivity contribution is -0.135. The number of hydrogen-bond donors (Lipinski definition) is 1. The molecule has 2 aromatic rings. The summed E-state index contributed by atoms with van der Waals surface area (Å²) in [4.78, 5) is 39.7. The molecule has 1 N–H and O–H groups in total. The van der Waals surface area contributed by atoms with Gasteiger partial charge in [-0.05, 0) is 30.5 Å². The maximum Gasteiger partial charge on any atom is 0.251 e. The highest BCUT2D eigenvalue weighted by Gasteiger charge is 2.44. The van der Waals surface area contributed by atoms with Crippen LogP contribution in [0, 0.1) is 12.8 Å². The highest BCUT2D eigenvalue weighted by molar-refractivity contribution is 5.81. The molecule has 0 aliphatic carbocycles. The number of pyridine rings is 1. The van der Waals surface area contributed by atoms with Crippen molar-refractivity contribution in [2.45, 2.75) is 38.8 Å². The minimum Gasteiger partial charge on any atom is -0.350 e. The van der Waals surface area contributed by atoms with Crippen LogP contribution < -0.4 is 10.9 Å². The van der Waals surface area contributed by atoms with E-state index in [9.17, 15) is 14.4 Å². The molecule has 2 amide bonds. The summed E-state index contributed by atoms with van der Waals surface area (Å²) in [6.07, 6.45) is 0.815. The third-order valence-electron chi connectivity index (χ3n) is 6.08. The normalized spacial score (nSPS) is 23.1. The standard InChI is InChI=1S/C22H25N3O3/c1-14-6-3-4-7-16(14)11-23-22(28)21-18-10-17(12-24(13-18)15(2)26)19-8-5-9-20(27)25(19)21/h3-9,17-18,21H,10-13H2,1-2H3,(H,23,28)/t17-,18+,21-/m1/s1. The van der Waals surface area contributed by atoms with Crippen LogP contribution in [0.5, 0.6) is 0 Å². The van der Waals surface area contributed by atoms with E-state index in [2.05, 4.69) is 5.32 Å². The van der Waals surface area contributed by atoms with Crippen molar-refractivity contribution in [3.05, 3.63) is 69.6 Å². The fourth-order valence-electron chi connectivity index (χ4n) is 4.62. The maximum absolute atomic E-state index is 13.2. The molecule has 1 saturated heterocycles. The van der Waals surface area contributed by atoms with Gasteiger partial charge in [-0.15, -0.1) is 0 Å². The number of rotatable bonds is 3. The molecule has 0 unspecified atom stereocenters. The van der Waals surface area contributed by atoms with Crippen LogP contribution in [-0.2, 0) is 16.1 Å². The van der Waals surface area contributed by atoms with Crippen molar-refractivity contribution in [1.29, 1.82) is 0 Å². The lowest BCUT2D eigenvalue weighted by Crippen LogP contribution is -2.54. The molecule has 2 aliphatic rings. The zero-order valence-corrected chi connectivity index (χ0v) is 16.2. The molecule has 1 fully saturated rings. The Hall–Kier alpha value is -2.89. The van der Waals surface area contributed by atoms with E-state index in [1.165, 1.54) is 6.07 Å². The number of carbonyl (C=O) groups excluding carboxylic acids is 2. The fraction of sp³-hybridized carbons (Fsp3) is 0.409. The van der Waals surface area contributed by atoms with Crippen molar-refractivity contribution in [3.63, 3.8) is 0 Å². The first-order valence-electron chi connectivity index (χ1n) is 9.75. The van der Waals surface area contributed by atoms with E-state index in [0.29, 0.717) is 19.6 Å². The molecular weight excluding hydrogens is 354 g/mol. The third-order valence-corrected chi connectivity index (χ3v) is 6.08. The molecular formula is C22H25N3O3. The van der Waals surface area contributed by atoms with Gasteiger partial charge in [-0.3, -0.25) is 19.0 Å². The quantitative estimate of drug-likeness (QED) is 0.886. The molecule has 1 aromatic heterocycles. The lowest BCUT2D eigenvalue weighted by atomic mass is 9.78. The zero-order valence-electron chi connectivity index (χ0n) is 16.2. The average Bonchev–Trinajstić information content (AvgIpc) is 2.68. The Morgan fingerprint density at radius 1 is 1.11 bits per heavy atom. The Morgan fingerprint density at radius 3 is 2.64 bits per heavy atom. The van der Waals surface area contributed by atoms with Gasteiger partial charge in [0.25, 0.3) is 5.56 Å². The first-order chi connectivity index (χ1) is 13.5. The Balaban J connectivity index is 1.66. The van der Waals surface area contributed by atoms with Gasteiger partial charge in [-0.25, -0.2) is 0 Å². The number of piperidine rings is 1. The largest absolute Gasteiger partial charge is 0.350 e. The number of nitrogens with zero attached hydrogens (tertiary/aromatic N) is 2. The summed E-state index contributed by atoms with van der Waals surface area (Å²) < 4.78 is 1.66. The van der Waals surface area contributed by atoms with Gasteiger partial charge in [0.2, 0.25) is 11.8 Å². The van der Waals surface area contributed by atoms with Crippen LogP contribution in [-0.4, -0.2) is 34.4 Å². The number of hydrogen-bond acceptors (Lipinski definition) is 3. The monoisotopic (exact) mass is 379 g/mol. The second-order valence-electron chi connectivity index (χ2n) is 7.86. The number of benzene rings is 1. The van der Waals surface area contributed by atoms with Gasteiger partial charge >= 0.3 is 0 Å². The Bertz CT molecular complexity index is 981. The SMILES string of the molecule is CC(=O)N1C[C@H]2C[C@@H](C1)[C@H](C(=O)NCc1ccccc1C)n1c2cccc1=O. The number of amides is 2. The average molecular weight is 379 g/mol. The Kier molecular flexibility index (Phi) is 4.79. The summed E-state index contributed by atoms with van der Waals surface area (Å²) in [7, 11) is 0. The summed E-state index contributed by atoms with van der Waals surface area (Å²) >= 11 is 0. The topological polar surface area (TPSA) is 71.4 Å². The lowest BCUT2D eigenvalue weighted by Gasteiger charge is -2.46. The summed E-state index contributed by atoms with van der Waals surface area (Å²) in [5.74, 6) is -0.115. The van der Waals surface area contributed by atoms with E-state index in [0.717, 1.165) is 23.2 Å². The summed E-state index contributed by atoms with van der Waals surface area (Å²) in [6.45, 7) is 5.11. The molecule has 146 valence electrons. The molecule has 1 aromatic carbocycles. The molecule has 28 heavy (non-hydrogen) atoms. The summed E-state index contributed by atoms with van der Waals surface area (Å²) in [5.41, 5.74) is 2.87. The maximum atomic E-state index is 13.2. The smallest absolute Gasteiger partial charge is 0.251 e. The van der Waals surface area contributed by atoms with E-state index in [4.69, 9.17) is 0 Å². The highest BCUT2D eigenvalue weighted by Crippen LogP contribution is 2.41. The van der Waals surface area contributed by atoms with Gasteiger partial charge in [0.15, 0.2) is 0 Å². The van der Waals surface area contributed by atoms with Crippen LogP contribution in [0.15, 0.2) is 47.3 Å². The van der Waals surface area contributed by atoms with Gasteiger partial charge in [0.1, 0.15) is 6.04 Å². The molecule has 3 atom stereocenters. The number of aryl methyl sites for hydroxylation is 1. The molecule has 6 heteroatoms. The van der Waals surface area contributed by atoms with Crippen molar-refractivity contribution >= 4 is 11.8 Å². The summed E-state index contributed by atoms with van der Waals surface area (Å²) in [6, 6.07) is 12.5. The number of nitrogens with one attached hydrogen (secondary N) is 1. The molecule has 3 heterocycles. The zero-order chi connectivity index (χ0) is 19.8. The van der Waals surface area contributed by atoms with Crippen LogP contribution in [0.3, 0.4) is 0 Å². The molecule has 0 saturated carbocycles. The molecule has 0 spiro atoms. The third kappa shape index (κ3) is 3.23. The fourth-order valence-corrected chi connectivity index (χ4v) is 4.62. The molecule has 4 rings (SSSR count). The van der Waals surface area contributed by atoms with Gasteiger partial charge in [-0.2, -0.15) is 0 Å². The predicted molar refractivity (Wildman–Crippen MR) is 106 cm³/mol. The van der Waals surface area contributed by atoms with Crippen LogP contribution in [0.2, 0.25) is 0 Å². The van der Waals surface area contributed by atoms with Crippen LogP contribution >= 0.6 is 0 Å². The van der Waals surface area contributed by atoms with Crippen molar-refractivity contribution < 1.29 is 9.59 Å². The second-order valence-corrected chi connectivity index (χ2v) is 7.86. The number of carbonyl (C=O) groups is 2. The van der Waals surface area contributed by atoms with Gasteiger partial charge in [-0.1, -0.05) is 30.3 Å². The molecule has 6 nitrogen and oxygen atoms in total. The Labute approximate surface area is 164 Å². The predicted octanol–water partition coefficient (Wildman–Crippen LogP) is 1.98. The van der Waals surface area contributed by atoms with E-state index >= 15 is 0 Å². The first kappa shape index (κ1) is 18.5. The van der Waals surface area contributed by atoms with E-state index in [-0.39, 0.29) is 29.2 Å². The minimum atomic E-state index is -0.592. The van der Waals surface area contributed by atoms with E-state index in [1.807, 2.05) is 37.3 Å². The number of fused-ring (bicyclic) bond motifs is 4. The number of likely N-dealkylation sites (tertiary alicyclic amines) is 1. The van der Waals surface area contributed by atoms with E-state index in [1.54, 1.807) is 22.5 Å². The molecule has 2 aliphatic heterocycles.